The van der Waals surface area contributed by atoms with Gasteiger partial charge in [0.05, 0.1) is 18.6 Å². The number of hydrogen-bond acceptors (Lipinski definition) is 2. The van der Waals surface area contributed by atoms with Crippen molar-refractivity contribution >= 4 is 5.97 Å². The summed E-state index contributed by atoms with van der Waals surface area (Å²) in [7, 11) is 1.63. The van der Waals surface area contributed by atoms with E-state index in [-0.39, 0.29) is 11.5 Å². The highest BCUT2D eigenvalue weighted by molar-refractivity contribution is 5.87. The number of carbonyl (C=O) groups is 1. The fourth-order valence-corrected chi connectivity index (χ4v) is 2.65. The van der Waals surface area contributed by atoms with Gasteiger partial charge in [-0.05, 0) is 47.5 Å². The smallest absolute Gasteiger partial charge is 0.335 e. The average Bonchev–Trinajstić information content (AvgIpc) is 2.70. The molecule has 3 aromatic carbocycles. The average molecular weight is 342 g/mol. The third-order valence-electron chi connectivity index (χ3n) is 4.07. The van der Waals surface area contributed by atoms with Gasteiger partial charge in [0.2, 0.25) is 0 Å². The Morgan fingerprint density at radius 1 is 0.885 bits per heavy atom. The molecule has 3 nitrogen and oxygen atoms in total. The lowest BCUT2D eigenvalue weighted by molar-refractivity contribution is 0.0697. The molecule has 1 N–H and O–H groups in total. The maximum absolute atomic E-state index is 11.1. The van der Waals surface area contributed by atoms with Crippen LogP contribution in [0.15, 0.2) is 78.9 Å². The van der Waals surface area contributed by atoms with Gasteiger partial charge in [-0.2, -0.15) is 0 Å². The highest BCUT2D eigenvalue weighted by atomic mass is 16.5. The van der Waals surface area contributed by atoms with Crippen molar-refractivity contribution in [1.82, 2.24) is 0 Å². The molecule has 0 aliphatic rings. The quantitative estimate of drug-likeness (QED) is 0.706. The molecule has 128 valence electrons. The predicted octanol–water partition coefficient (Wildman–Crippen LogP) is 4.58. The van der Waals surface area contributed by atoms with E-state index in [0.29, 0.717) is 0 Å². The summed E-state index contributed by atoms with van der Waals surface area (Å²) in [5.41, 5.74) is 3.17. The molecule has 0 radical (unpaired) electrons. The molecule has 0 heterocycles. The second-order valence-corrected chi connectivity index (χ2v) is 5.77. The summed E-state index contributed by atoms with van der Waals surface area (Å²) in [6, 6.07) is 24.4. The largest absolute Gasteiger partial charge is 0.497 e. The fourth-order valence-electron chi connectivity index (χ4n) is 2.65. The van der Waals surface area contributed by atoms with Crippen molar-refractivity contribution in [2.45, 2.75) is 5.92 Å². The molecule has 26 heavy (non-hydrogen) atoms. The van der Waals surface area contributed by atoms with Gasteiger partial charge in [-0.3, -0.25) is 0 Å². The summed E-state index contributed by atoms with van der Waals surface area (Å²) in [6.07, 6.45) is 0. The van der Waals surface area contributed by atoms with E-state index in [1.165, 1.54) is 0 Å². The van der Waals surface area contributed by atoms with Crippen LogP contribution in [-0.4, -0.2) is 18.2 Å². The molecule has 0 fully saturated rings. The maximum atomic E-state index is 11.1. The summed E-state index contributed by atoms with van der Waals surface area (Å²) >= 11 is 0. The van der Waals surface area contributed by atoms with Crippen LogP contribution in [0.3, 0.4) is 0 Å². The van der Waals surface area contributed by atoms with Crippen molar-refractivity contribution in [3.05, 3.63) is 101 Å². The normalized spacial score (nSPS) is 11.1. The number of methoxy groups -OCH3 is 1. The van der Waals surface area contributed by atoms with Crippen molar-refractivity contribution in [2.75, 3.05) is 7.11 Å². The van der Waals surface area contributed by atoms with Gasteiger partial charge in [-0.25, -0.2) is 4.79 Å². The van der Waals surface area contributed by atoms with Gasteiger partial charge < -0.3 is 9.84 Å². The van der Waals surface area contributed by atoms with Crippen LogP contribution in [-0.2, 0) is 0 Å². The fraction of sp³-hybridized carbons (Fsp3) is 0.0870. The lowest BCUT2D eigenvalue weighted by atomic mass is 9.91. The Morgan fingerprint density at radius 2 is 1.46 bits per heavy atom. The first-order chi connectivity index (χ1) is 12.7. The van der Waals surface area contributed by atoms with Crippen molar-refractivity contribution in [2.24, 2.45) is 0 Å². The summed E-state index contributed by atoms with van der Waals surface area (Å²) in [5, 5.41) is 9.10. The van der Waals surface area contributed by atoms with Gasteiger partial charge in [-0.15, -0.1) is 0 Å². The molecule has 0 bridgehead atoms. The Hall–Kier alpha value is -3.51. The molecule has 0 aromatic heterocycles. The van der Waals surface area contributed by atoms with Crippen LogP contribution in [0.4, 0.5) is 0 Å². The van der Waals surface area contributed by atoms with Crippen LogP contribution in [0.25, 0.3) is 0 Å². The first-order valence-corrected chi connectivity index (χ1v) is 8.21. The van der Waals surface area contributed by atoms with Crippen LogP contribution in [0, 0.1) is 11.8 Å². The molecule has 0 saturated heterocycles. The van der Waals surface area contributed by atoms with Crippen LogP contribution in [0.5, 0.6) is 5.75 Å². The SMILES string of the molecule is COc1ccc(C(C#Cc2ccccc2)c2ccc(C(=O)O)cc2)cc1. The number of rotatable bonds is 4. The number of hydrogen-bond donors (Lipinski definition) is 1. The summed E-state index contributed by atoms with van der Waals surface area (Å²) in [6.45, 7) is 0. The van der Waals surface area contributed by atoms with E-state index in [2.05, 4.69) is 11.8 Å². The van der Waals surface area contributed by atoms with Crippen molar-refractivity contribution < 1.29 is 14.6 Å². The third-order valence-corrected chi connectivity index (χ3v) is 4.07. The first-order valence-electron chi connectivity index (χ1n) is 8.21. The van der Waals surface area contributed by atoms with E-state index >= 15 is 0 Å². The minimum atomic E-state index is -0.937. The van der Waals surface area contributed by atoms with Gasteiger partial charge in [0.25, 0.3) is 0 Å². The van der Waals surface area contributed by atoms with E-state index in [0.717, 1.165) is 22.4 Å². The molecule has 3 heteroatoms. The Balaban J connectivity index is 2.00. The summed E-state index contributed by atoms with van der Waals surface area (Å²) in [5.74, 6) is 6.21. The lowest BCUT2D eigenvalue weighted by Crippen LogP contribution is -2.01. The van der Waals surface area contributed by atoms with Crippen LogP contribution in [0.1, 0.15) is 33.0 Å². The number of carboxylic acids is 1. The van der Waals surface area contributed by atoms with Crippen LogP contribution in [0.2, 0.25) is 0 Å². The summed E-state index contributed by atoms with van der Waals surface area (Å²) < 4.78 is 5.22. The van der Waals surface area contributed by atoms with E-state index in [9.17, 15) is 4.79 Å². The number of ether oxygens (including phenoxy) is 1. The predicted molar refractivity (Wildman–Crippen MR) is 102 cm³/mol. The van der Waals surface area contributed by atoms with Gasteiger partial charge >= 0.3 is 5.97 Å². The lowest BCUT2D eigenvalue weighted by Gasteiger charge is -2.13. The molecule has 0 aliphatic carbocycles. The molecular formula is C23H18O3. The molecule has 0 aliphatic heterocycles. The number of benzene rings is 3. The highest BCUT2D eigenvalue weighted by Crippen LogP contribution is 2.26. The van der Waals surface area contributed by atoms with Crippen LogP contribution < -0.4 is 4.74 Å². The standard InChI is InChI=1S/C23H18O3/c1-26-21-14-12-19(13-15-21)22(16-7-17-5-3-2-4-6-17)18-8-10-20(11-9-18)23(24)25/h2-6,8-15,22H,1H3,(H,24,25). The first kappa shape index (κ1) is 17.3. The number of aromatic carboxylic acids is 1. The molecule has 3 rings (SSSR count). The van der Waals surface area contributed by atoms with Crippen molar-refractivity contribution in [3.63, 3.8) is 0 Å². The van der Waals surface area contributed by atoms with Crippen molar-refractivity contribution in [1.29, 1.82) is 0 Å². The summed E-state index contributed by atoms with van der Waals surface area (Å²) in [4.78, 5) is 11.1. The molecule has 0 saturated carbocycles. The Bertz CT molecular complexity index is 931. The maximum Gasteiger partial charge on any atom is 0.335 e. The minimum absolute atomic E-state index is 0.163. The van der Waals surface area contributed by atoms with E-state index in [1.807, 2.05) is 66.7 Å². The topological polar surface area (TPSA) is 46.5 Å². The number of carboxylic acid groups (broad SMARTS) is 1. The Kier molecular flexibility index (Phi) is 5.36. The van der Waals surface area contributed by atoms with E-state index in [1.54, 1.807) is 19.2 Å². The van der Waals surface area contributed by atoms with Gasteiger partial charge in [0.15, 0.2) is 0 Å². The zero-order valence-electron chi connectivity index (χ0n) is 14.3. The molecule has 3 aromatic rings. The zero-order valence-corrected chi connectivity index (χ0v) is 14.3. The highest BCUT2D eigenvalue weighted by Gasteiger charge is 2.13. The molecular weight excluding hydrogens is 324 g/mol. The van der Waals surface area contributed by atoms with Gasteiger partial charge in [0, 0.05) is 5.56 Å². The molecule has 1 atom stereocenters. The zero-order chi connectivity index (χ0) is 18.4. The van der Waals surface area contributed by atoms with E-state index < -0.39 is 5.97 Å². The Labute approximate surface area is 152 Å². The molecule has 0 spiro atoms. The molecule has 0 amide bonds. The monoisotopic (exact) mass is 342 g/mol. The second-order valence-electron chi connectivity index (χ2n) is 5.77. The van der Waals surface area contributed by atoms with Crippen molar-refractivity contribution in [3.8, 4) is 17.6 Å². The Morgan fingerprint density at radius 3 is 2.00 bits per heavy atom. The molecule has 1 unspecified atom stereocenters. The minimum Gasteiger partial charge on any atom is -0.497 e. The van der Waals surface area contributed by atoms with Gasteiger partial charge in [0.1, 0.15) is 5.75 Å². The third kappa shape index (κ3) is 4.12. The van der Waals surface area contributed by atoms with Crippen LogP contribution >= 0.6 is 0 Å². The second kappa shape index (κ2) is 8.04. The van der Waals surface area contributed by atoms with E-state index in [4.69, 9.17) is 9.84 Å². The van der Waals surface area contributed by atoms with Gasteiger partial charge in [-0.1, -0.05) is 54.3 Å².